The molecule has 7 rings (SSSR count). The Morgan fingerprint density at radius 2 is 1.61 bits per heavy atom. The van der Waals surface area contributed by atoms with E-state index in [1.165, 1.54) is 0 Å². The normalized spacial score (nSPS) is 28.1. The molecule has 3 nitrogen and oxygen atoms in total. The smallest absolute Gasteiger partial charge is 0.189 e. The van der Waals surface area contributed by atoms with Crippen molar-refractivity contribution < 1.29 is 9.59 Å². The number of rotatable bonds is 2. The third kappa shape index (κ3) is 3.79. The van der Waals surface area contributed by atoms with Crippen LogP contribution in [0.3, 0.4) is 0 Å². The molecule has 1 heterocycles. The van der Waals surface area contributed by atoms with E-state index in [0.717, 1.165) is 48.4 Å². The number of halogens is 4. The molecule has 7 heteroatoms. The van der Waals surface area contributed by atoms with Gasteiger partial charge in [-0.2, -0.15) is 0 Å². The molecule has 1 aliphatic heterocycles. The lowest BCUT2D eigenvalue weighted by Crippen LogP contribution is -2.59. The molecule has 4 aromatic rings. The number of benzene rings is 4. The molecule has 4 aromatic carbocycles. The molecule has 1 saturated carbocycles. The first kappa shape index (κ1) is 27.5. The van der Waals surface area contributed by atoms with Crippen molar-refractivity contribution in [2.24, 2.45) is 5.41 Å². The standard InChI is InChI=1S/C34H25Br2Cl2NO2/c1-18-30(21-11-13-28(38)26(36)17-21)33(14-4-7-22(31(33)40)15-19-10-12-27(37)25(35)16-19)34(39-18)24-9-3-6-20-5-2-8-23(29(20)24)32(34)41/h2-3,5-6,8-13,15-18,30,39H,4,7,14H2,1H3/b22-15+/t18?,30-,33+,34+/m1/s1. The highest BCUT2D eigenvalue weighted by Crippen LogP contribution is 2.66. The van der Waals surface area contributed by atoms with Crippen molar-refractivity contribution in [1.29, 1.82) is 0 Å². The molecule has 0 aromatic heterocycles. The van der Waals surface area contributed by atoms with Crippen LogP contribution in [0.4, 0.5) is 0 Å². The minimum atomic E-state index is -1.19. The van der Waals surface area contributed by atoms with Crippen LogP contribution in [0.2, 0.25) is 10.0 Å². The van der Waals surface area contributed by atoms with Gasteiger partial charge in [0.15, 0.2) is 11.6 Å². The summed E-state index contributed by atoms with van der Waals surface area (Å²) in [7, 11) is 0. The lowest BCUT2D eigenvalue weighted by Gasteiger charge is -2.47. The van der Waals surface area contributed by atoms with Gasteiger partial charge in [-0.25, -0.2) is 0 Å². The fraction of sp³-hybridized carbons (Fsp3) is 0.235. The van der Waals surface area contributed by atoms with E-state index in [4.69, 9.17) is 23.2 Å². The van der Waals surface area contributed by atoms with E-state index in [9.17, 15) is 4.79 Å². The first-order chi connectivity index (χ1) is 19.7. The topological polar surface area (TPSA) is 46.2 Å². The summed E-state index contributed by atoms with van der Waals surface area (Å²) < 4.78 is 1.55. The van der Waals surface area contributed by atoms with Crippen LogP contribution in [0.25, 0.3) is 16.8 Å². The van der Waals surface area contributed by atoms with Gasteiger partial charge in [-0.3, -0.25) is 14.9 Å². The van der Waals surface area contributed by atoms with E-state index in [-0.39, 0.29) is 23.5 Å². The quantitative estimate of drug-likeness (QED) is 0.211. The second-order valence-electron chi connectivity index (χ2n) is 11.4. The summed E-state index contributed by atoms with van der Waals surface area (Å²) in [6.07, 6.45) is 4.00. The maximum Gasteiger partial charge on any atom is 0.189 e. The average Bonchev–Trinajstić information content (AvgIpc) is 3.36. The molecule has 4 atom stereocenters. The molecule has 2 fully saturated rings. The second kappa shape index (κ2) is 9.89. The molecular weight excluding hydrogens is 685 g/mol. The van der Waals surface area contributed by atoms with Crippen LogP contribution in [0, 0.1) is 5.41 Å². The van der Waals surface area contributed by atoms with Gasteiger partial charge in [-0.1, -0.05) is 71.7 Å². The number of Topliss-reactive ketones (excluding diaryl/α,β-unsaturated/α-hetero) is 2. The zero-order valence-corrected chi connectivity index (χ0v) is 26.8. The molecule has 1 N–H and O–H groups in total. The minimum Gasteiger partial charge on any atom is -0.297 e. The fourth-order valence-corrected chi connectivity index (χ4v) is 8.94. The Bertz CT molecular complexity index is 1830. The molecule has 3 aliphatic rings. The maximum atomic E-state index is 15.2. The minimum absolute atomic E-state index is 0.0180. The van der Waals surface area contributed by atoms with Crippen molar-refractivity contribution in [2.75, 3.05) is 0 Å². The third-order valence-electron chi connectivity index (χ3n) is 9.34. The highest BCUT2D eigenvalue weighted by molar-refractivity contribution is 9.10. The highest BCUT2D eigenvalue weighted by atomic mass is 79.9. The van der Waals surface area contributed by atoms with Crippen molar-refractivity contribution in [1.82, 2.24) is 5.32 Å². The Labute approximate surface area is 265 Å². The maximum absolute atomic E-state index is 15.2. The van der Waals surface area contributed by atoms with Crippen LogP contribution >= 0.6 is 55.1 Å². The van der Waals surface area contributed by atoms with Crippen molar-refractivity contribution in [3.63, 3.8) is 0 Å². The first-order valence-electron chi connectivity index (χ1n) is 13.7. The summed E-state index contributed by atoms with van der Waals surface area (Å²) in [4.78, 5) is 30.1. The fourth-order valence-electron chi connectivity index (χ4n) is 7.91. The number of carbonyl (C=O) groups excluding carboxylic acids is 2. The largest absolute Gasteiger partial charge is 0.297 e. The Kier molecular flexibility index (Phi) is 6.64. The molecule has 1 unspecified atom stereocenters. The van der Waals surface area contributed by atoms with Crippen LogP contribution in [-0.4, -0.2) is 17.6 Å². The van der Waals surface area contributed by atoms with Gasteiger partial charge < -0.3 is 0 Å². The summed E-state index contributed by atoms with van der Waals surface area (Å²) in [5.74, 6) is -0.255. The highest BCUT2D eigenvalue weighted by Gasteiger charge is 2.73. The van der Waals surface area contributed by atoms with Gasteiger partial charge in [0.1, 0.15) is 5.54 Å². The molecule has 0 radical (unpaired) electrons. The lowest BCUT2D eigenvalue weighted by atomic mass is 9.52. The van der Waals surface area contributed by atoms with Gasteiger partial charge in [0.25, 0.3) is 0 Å². The Balaban J connectivity index is 1.51. The lowest BCUT2D eigenvalue weighted by molar-refractivity contribution is -0.130. The summed E-state index contributed by atoms with van der Waals surface area (Å²) >= 11 is 19.8. The van der Waals surface area contributed by atoms with Gasteiger partial charge in [0.05, 0.1) is 15.5 Å². The molecule has 41 heavy (non-hydrogen) atoms. The number of ketones is 2. The summed E-state index contributed by atoms with van der Waals surface area (Å²) in [5.41, 5.74) is 1.96. The predicted octanol–water partition coefficient (Wildman–Crippen LogP) is 9.66. The number of fused-ring (bicyclic) bond motifs is 2. The number of allylic oxidation sites excluding steroid dienone is 1. The van der Waals surface area contributed by atoms with Crippen molar-refractivity contribution in [2.45, 2.75) is 43.7 Å². The first-order valence-corrected chi connectivity index (χ1v) is 16.0. The molecule has 0 bridgehead atoms. The van der Waals surface area contributed by atoms with Crippen LogP contribution in [-0.2, 0) is 10.3 Å². The average molecular weight is 710 g/mol. The summed E-state index contributed by atoms with van der Waals surface area (Å²) in [6.45, 7) is 2.10. The van der Waals surface area contributed by atoms with Gasteiger partial charge >= 0.3 is 0 Å². The molecule has 1 saturated heterocycles. The number of hydrogen-bond acceptors (Lipinski definition) is 3. The van der Waals surface area contributed by atoms with Crippen molar-refractivity contribution in [3.8, 4) is 0 Å². The van der Waals surface area contributed by atoms with Crippen LogP contribution < -0.4 is 5.32 Å². The predicted molar refractivity (Wildman–Crippen MR) is 173 cm³/mol. The number of carbonyl (C=O) groups is 2. The van der Waals surface area contributed by atoms with Crippen LogP contribution in [0.5, 0.6) is 0 Å². The Hall–Kier alpha value is -2.28. The third-order valence-corrected chi connectivity index (χ3v) is 11.8. The van der Waals surface area contributed by atoms with E-state index in [1.54, 1.807) is 0 Å². The second-order valence-corrected chi connectivity index (χ2v) is 13.9. The monoisotopic (exact) mass is 707 g/mol. The number of hydrogen-bond donors (Lipinski definition) is 1. The molecular formula is C34H25Br2Cl2NO2. The molecule has 2 spiro atoms. The summed E-state index contributed by atoms with van der Waals surface area (Å²) in [5, 5.41) is 6.97. The van der Waals surface area contributed by atoms with E-state index in [0.29, 0.717) is 28.5 Å². The van der Waals surface area contributed by atoms with Gasteiger partial charge in [0, 0.05) is 26.5 Å². The molecule has 0 amide bonds. The van der Waals surface area contributed by atoms with Gasteiger partial charge in [0.2, 0.25) is 0 Å². The van der Waals surface area contributed by atoms with Gasteiger partial charge in [-0.15, -0.1) is 0 Å². The van der Waals surface area contributed by atoms with E-state index in [2.05, 4.69) is 44.1 Å². The number of nitrogens with one attached hydrogen (secondary N) is 1. The van der Waals surface area contributed by atoms with Crippen molar-refractivity contribution in [3.05, 3.63) is 120 Å². The van der Waals surface area contributed by atoms with Gasteiger partial charge in [-0.05, 0) is 121 Å². The zero-order chi connectivity index (χ0) is 28.7. The molecule has 2 aliphatic carbocycles. The Morgan fingerprint density at radius 1 is 0.902 bits per heavy atom. The zero-order valence-electron chi connectivity index (χ0n) is 22.1. The molecule has 206 valence electrons. The van der Waals surface area contributed by atoms with Crippen molar-refractivity contribution >= 4 is 83.5 Å². The Morgan fingerprint density at radius 3 is 2.34 bits per heavy atom. The van der Waals surface area contributed by atoms with E-state index < -0.39 is 11.0 Å². The summed E-state index contributed by atoms with van der Waals surface area (Å²) in [6, 6.07) is 23.4. The van der Waals surface area contributed by atoms with E-state index in [1.807, 2.05) is 78.9 Å². The van der Waals surface area contributed by atoms with Crippen LogP contribution in [0.15, 0.2) is 87.3 Å². The SMILES string of the molecule is CC1N[C@@]2(C(=O)c3cccc4cccc2c34)[C@@]2(CCC/C(=C\c3ccc(Cl)c(Br)c3)C2=O)[C@H]1c1ccc(Cl)c(Br)c1. The van der Waals surface area contributed by atoms with Crippen LogP contribution in [0.1, 0.15) is 59.2 Å². The van der Waals surface area contributed by atoms with E-state index >= 15 is 4.79 Å².